The molecule has 3 heteroatoms. The average molecular weight is 233 g/mol. The van der Waals surface area contributed by atoms with Gasteiger partial charge < -0.3 is 4.74 Å². The highest BCUT2D eigenvalue weighted by atomic mass is 16.5. The van der Waals surface area contributed by atoms with Crippen molar-refractivity contribution in [3.8, 4) is 0 Å². The zero-order chi connectivity index (χ0) is 12.1. The molecule has 0 bridgehead atoms. The van der Waals surface area contributed by atoms with Gasteiger partial charge in [-0.25, -0.2) is 0 Å². The highest BCUT2D eigenvalue weighted by molar-refractivity contribution is 5.73. The standard InChI is InChI=1S/C14H19NO2/c1-2-17-14(16)13-8-9-15(11-13)10-12-6-4-3-5-7-12/h3-7,13H,2,8-11H2,1H3/t13-/m1/s1. The first-order chi connectivity index (χ1) is 8.29. The van der Waals surface area contributed by atoms with Gasteiger partial charge in [0.05, 0.1) is 12.5 Å². The van der Waals surface area contributed by atoms with Crippen molar-refractivity contribution in [3.63, 3.8) is 0 Å². The molecule has 0 radical (unpaired) electrons. The summed E-state index contributed by atoms with van der Waals surface area (Å²) in [5.74, 6) is 0.0294. The third-order valence-corrected chi connectivity index (χ3v) is 3.14. The van der Waals surface area contributed by atoms with Crippen LogP contribution < -0.4 is 0 Å². The van der Waals surface area contributed by atoms with Crippen molar-refractivity contribution in [2.45, 2.75) is 19.9 Å². The Labute approximate surface area is 102 Å². The van der Waals surface area contributed by atoms with Crippen molar-refractivity contribution in [1.82, 2.24) is 4.90 Å². The predicted molar refractivity (Wildman–Crippen MR) is 66.5 cm³/mol. The van der Waals surface area contributed by atoms with E-state index in [9.17, 15) is 4.79 Å². The van der Waals surface area contributed by atoms with Gasteiger partial charge in [-0.3, -0.25) is 9.69 Å². The lowest BCUT2D eigenvalue weighted by Gasteiger charge is -2.15. The Morgan fingerprint density at radius 2 is 2.18 bits per heavy atom. The van der Waals surface area contributed by atoms with Gasteiger partial charge in [0.1, 0.15) is 0 Å². The van der Waals surface area contributed by atoms with Gasteiger partial charge in [0.15, 0.2) is 0 Å². The Morgan fingerprint density at radius 1 is 1.41 bits per heavy atom. The minimum absolute atomic E-state index is 0.0388. The number of hydrogen-bond donors (Lipinski definition) is 0. The SMILES string of the molecule is CCOC(=O)[C@@H]1CCN(Cc2ccccc2)C1. The summed E-state index contributed by atoms with van der Waals surface area (Å²) in [7, 11) is 0. The maximum atomic E-state index is 11.6. The number of nitrogens with zero attached hydrogens (tertiary/aromatic N) is 1. The van der Waals surface area contributed by atoms with Crippen molar-refractivity contribution in [2.24, 2.45) is 5.92 Å². The second-order valence-corrected chi connectivity index (χ2v) is 4.46. The molecule has 3 nitrogen and oxygen atoms in total. The number of carbonyl (C=O) groups excluding carboxylic acids is 1. The van der Waals surface area contributed by atoms with Crippen LogP contribution in [0.3, 0.4) is 0 Å². The molecule has 0 unspecified atom stereocenters. The smallest absolute Gasteiger partial charge is 0.310 e. The average Bonchev–Trinajstić information content (AvgIpc) is 2.79. The number of ether oxygens (including phenoxy) is 1. The summed E-state index contributed by atoms with van der Waals surface area (Å²) in [6.07, 6.45) is 0.922. The summed E-state index contributed by atoms with van der Waals surface area (Å²) in [5.41, 5.74) is 1.30. The number of benzene rings is 1. The molecule has 0 aliphatic carbocycles. The molecule has 0 amide bonds. The highest BCUT2D eigenvalue weighted by Gasteiger charge is 2.28. The lowest BCUT2D eigenvalue weighted by Crippen LogP contribution is -2.24. The molecule has 0 saturated carbocycles. The minimum Gasteiger partial charge on any atom is -0.466 e. The Balaban J connectivity index is 1.84. The topological polar surface area (TPSA) is 29.5 Å². The van der Waals surface area contributed by atoms with E-state index in [4.69, 9.17) is 4.74 Å². The van der Waals surface area contributed by atoms with Crippen LogP contribution in [-0.2, 0) is 16.1 Å². The Hall–Kier alpha value is -1.35. The molecule has 0 aromatic heterocycles. The molecular formula is C14H19NO2. The second-order valence-electron chi connectivity index (χ2n) is 4.46. The highest BCUT2D eigenvalue weighted by Crippen LogP contribution is 2.19. The molecule has 1 aromatic carbocycles. The van der Waals surface area contributed by atoms with Crippen LogP contribution in [0, 0.1) is 5.92 Å². The first-order valence-corrected chi connectivity index (χ1v) is 6.22. The van der Waals surface area contributed by atoms with Crippen LogP contribution in [-0.4, -0.2) is 30.6 Å². The number of likely N-dealkylation sites (tertiary alicyclic amines) is 1. The molecule has 1 saturated heterocycles. The van der Waals surface area contributed by atoms with Crippen LogP contribution in [0.1, 0.15) is 18.9 Å². The van der Waals surface area contributed by atoms with E-state index in [1.807, 2.05) is 25.1 Å². The summed E-state index contributed by atoms with van der Waals surface area (Å²) in [5, 5.41) is 0. The van der Waals surface area contributed by atoms with Gasteiger partial charge in [-0.15, -0.1) is 0 Å². The van der Waals surface area contributed by atoms with E-state index < -0.39 is 0 Å². The van der Waals surface area contributed by atoms with Crippen molar-refractivity contribution in [1.29, 1.82) is 0 Å². The quantitative estimate of drug-likeness (QED) is 0.746. The summed E-state index contributed by atoms with van der Waals surface area (Å²) in [6.45, 7) is 5.07. The van der Waals surface area contributed by atoms with Crippen molar-refractivity contribution in [2.75, 3.05) is 19.7 Å². The van der Waals surface area contributed by atoms with Crippen molar-refractivity contribution >= 4 is 5.97 Å². The Morgan fingerprint density at radius 3 is 2.88 bits per heavy atom. The van der Waals surface area contributed by atoms with Crippen LogP contribution in [0.25, 0.3) is 0 Å². The third-order valence-electron chi connectivity index (χ3n) is 3.14. The van der Waals surface area contributed by atoms with Crippen molar-refractivity contribution in [3.05, 3.63) is 35.9 Å². The van der Waals surface area contributed by atoms with Crippen molar-refractivity contribution < 1.29 is 9.53 Å². The van der Waals surface area contributed by atoms with Crippen LogP contribution in [0.5, 0.6) is 0 Å². The van der Waals surface area contributed by atoms with Gasteiger partial charge in [-0.1, -0.05) is 30.3 Å². The fraction of sp³-hybridized carbons (Fsp3) is 0.500. The summed E-state index contributed by atoms with van der Waals surface area (Å²) in [6, 6.07) is 10.4. The fourth-order valence-corrected chi connectivity index (χ4v) is 2.27. The molecule has 92 valence electrons. The van der Waals surface area contributed by atoms with E-state index in [0.717, 1.165) is 26.1 Å². The zero-order valence-electron chi connectivity index (χ0n) is 10.3. The normalized spacial score (nSPS) is 20.4. The fourth-order valence-electron chi connectivity index (χ4n) is 2.27. The molecule has 0 N–H and O–H groups in total. The van der Waals surface area contributed by atoms with Crippen LogP contribution >= 0.6 is 0 Å². The molecule has 1 aliphatic heterocycles. The molecule has 1 fully saturated rings. The lowest BCUT2D eigenvalue weighted by molar-refractivity contribution is -0.147. The van der Waals surface area contributed by atoms with Gasteiger partial charge >= 0.3 is 5.97 Å². The van der Waals surface area contributed by atoms with E-state index in [-0.39, 0.29) is 11.9 Å². The first-order valence-electron chi connectivity index (χ1n) is 6.22. The van der Waals surface area contributed by atoms with Crippen LogP contribution in [0.2, 0.25) is 0 Å². The Kier molecular flexibility index (Phi) is 4.15. The van der Waals surface area contributed by atoms with E-state index in [2.05, 4.69) is 17.0 Å². The summed E-state index contributed by atoms with van der Waals surface area (Å²) in [4.78, 5) is 13.9. The Bertz CT molecular complexity index is 364. The zero-order valence-corrected chi connectivity index (χ0v) is 10.3. The minimum atomic E-state index is -0.0388. The van der Waals surface area contributed by atoms with Gasteiger partial charge in [-0.2, -0.15) is 0 Å². The van der Waals surface area contributed by atoms with E-state index >= 15 is 0 Å². The van der Waals surface area contributed by atoms with E-state index in [1.54, 1.807) is 0 Å². The lowest BCUT2D eigenvalue weighted by atomic mass is 10.1. The molecule has 1 aliphatic rings. The molecule has 17 heavy (non-hydrogen) atoms. The predicted octanol–water partition coefficient (Wildman–Crippen LogP) is 2.07. The van der Waals surface area contributed by atoms with E-state index in [1.165, 1.54) is 5.56 Å². The second kappa shape index (κ2) is 5.82. The summed E-state index contributed by atoms with van der Waals surface area (Å²) < 4.78 is 5.06. The molecule has 1 atom stereocenters. The van der Waals surface area contributed by atoms with Gasteiger partial charge in [-0.05, 0) is 25.5 Å². The largest absolute Gasteiger partial charge is 0.466 e. The molecule has 0 spiro atoms. The number of esters is 1. The molecule has 2 rings (SSSR count). The molecule has 1 aromatic rings. The van der Waals surface area contributed by atoms with Crippen LogP contribution in [0.15, 0.2) is 30.3 Å². The van der Waals surface area contributed by atoms with Gasteiger partial charge in [0.2, 0.25) is 0 Å². The third kappa shape index (κ3) is 3.30. The monoisotopic (exact) mass is 233 g/mol. The van der Waals surface area contributed by atoms with Gasteiger partial charge in [0.25, 0.3) is 0 Å². The number of hydrogen-bond acceptors (Lipinski definition) is 3. The number of rotatable bonds is 4. The van der Waals surface area contributed by atoms with Crippen LogP contribution in [0.4, 0.5) is 0 Å². The number of carbonyl (C=O) groups is 1. The maximum Gasteiger partial charge on any atom is 0.310 e. The van der Waals surface area contributed by atoms with E-state index in [0.29, 0.717) is 6.61 Å². The first kappa shape index (κ1) is 12.1. The molecular weight excluding hydrogens is 214 g/mol. The van der Waals surface area contributed by atoms with Gasteiger partial charge in [0, 0.05) is 13.1 Å². The molecule has 1 heterocycles. The maximum absolute atomic E-state index is 11.6. The summed E-state index contributed by atoms with van der Waals surface area (Å²) >= 11 is 0.